The summed E-state index contributed by atoms with van der Waals surface area (Å²) in [5.74, 6) is 0.632. The molecule has 17 heavy (non-hydrogen) atoms. The van der Waals surface area contributed by atoms with Crippen LogP contribution in [0.15, 0.2) is 0 Å². The highest BCUT2D eigenvalue weighted by Crippen LogP contribution is 2.27. The topological polar surface area (TPSA) is 38.3 Å². The summed E-state index contributed by atoms with van der Waals surface area (Å²) in [6.07, 6.45) is 8.37. The number of carbonyl (C=O) groups is 1. The molecule has 1 fully saturated rings. The largest absolute Gasteiger partial charge is 0.468 e. The number of rotatable bonds is 7. The molecule has 0 aromatic carbocycles. The van der Waals surface area contributed by atoms with Gasteiger partial charge in [-0.2, -0.15) is 0 Å². The minimum absolute atomic E-state index is 0.108. The van der Waals surface area contributed by atoms with Crippen molar-refractivity contribution in [2.75, 3.05) is 7.11 Å². The lowest BCUT2D eigenvalue weighted by atomic mass is 9.98. The summed E-state index contributed by atoms with van der Waals surface area (Å²) in [7, 11) is 1.48. The molecule has 0 aromatic heterocycles. The molecule has 3 heteroatoms. The molecule has 1 saturated carbocycles. The van der Waals surface area contributed by atoms with E-state index in [-0.39, 0.29) is 12.0 Å². The van der Waals surface area contributed by atoms with Crippen LogP contribution in [0.4, 0.5) is 0 Å². The van der Waals surface area contributed by atoms with Gasteiger partial charge in [0.25, 0.3) is 0 Å². The minimum Gasteiger partial charge on any atom is -0.468 e. The quantitative estimate of drug-likeness (QED) is 0.697. The fourth-order valence-corrected chi connectivity index (χ4v) is 2.73. The van der Waals surface area contributed by atoms with Crippen molar-refractivity contribution in [3.05, 3.63) is 0 Å². The smallest absolute Gasteiger partial charge is 0.322 e. The van der Waals surface area contributed by atoms with Crippen molar-refractivity contribution >= 4 is 5.97 Å². The third kappa shape index (κ3) is 4.66. The maximum atomic E-state index is 11.7. The van der Waals surface area contributed by atoms with E-state index in [4.69, 9.17) is 4.74 Å². The van der Waals surface area contributed by atoms with Gasteiger partial charge in [0, 0.05) is 6.04 Å². The second-order valence-corrected chi connectivity index (χ2v) is 5.22. The SMILES string of the molecule is CCCCC(N[C@H](C)C1CCCC1)C(=O)OC. The van der Waals surface area contributed by atoms with E-state index in [1.807, 2.05) is 0 Å². The monoisotopic (exact) mass is 241 g/mol. The Morgan fingerprint density at radius 2 is 2.06 bits per heavy atom. The third-order valence-corrected chi connectivity index (χ3v) is 3.90. The number of ether oxygens (including phenoxy) is 1. The first-order valence-electron chi connectivity index (χ1n) is 7.03. The standard InChI is InChI=1S/C14H27NO2/c1-4-5-10-13(14(16)17-3)15-11(2)12-8-6-7-9-12/h11-13,15H,4-10H2,1-3H3/t11-,13?/m1/s1. The fraction of sp³-hybridized carbons (Fsp3) is 0.929. The number of hydrogen-bond donors (Lipinski definition) is 1. The van der Waals surface area contributed by atoms with Gasteiger partial charge >= 0.3 is 5.97 Å². The van der Waals surface area contributed by atoms with Crippen LogP contribution < -0.4 is 5.32 Å². The van der Waals surface area contributed by atoms with Crippen molar-refractivity contribution < 1.29 is 9.53 Å². The lowest BCUT2D eigenvalue weighted by Gasteiger charge is -2.25. The second-order valence-electron chi connectivity index (χ2n) is 5.22. The molecule has 0 aliphatic heterocycles. The molecule has 0 bridgehead atoms. The lowest BCUT2D eigenvalue weighted by molar-refractivity contribution is -0.143. The van der Waals surface area contributed by atoms with Crippen LogP contribution in [0.25, 0.3) is 0 Å². The van der Waals surface area contributed by atoms with Gasteiger partial charge in [0.15, 0.2) is 0 Å². The molecular weight excluding hydrogens is 214 g/mol. The van der Waals surface area contributed by atoms with Crippen molar-refractivity contribution in [1.82, 2.24) is 5.32 Å². The van der Waals surface area contributed by atoms with E-state index in [9.17, 15) is 4.79 Å². The molecule has 1 aliphatic carbocycles. The summed E-state index contributed by atoms with van der Waals surface area (Å²) in [6, 6.07) is 0.314. The number of methoxy groups -OCH3 is 1. The predicted octanol–water partition coefficient (Wildman–Crippen LogP) is 2.89. The molecule has 0 amide bonds. The van der Waals surface area contributed by atoms with E-state index in [2.05, 4.69) is 19.2 Å². The van der Waals surface area contributed by atoms with Gasteiger partial charge in [-0.1, -0.05) is 32.6 Å². The van der Waals surface area contributed by atoms with Crippen LogP contribution in [0, 0.1) is 5.92 Å². The fourth-order valence-electron chi connectivity index (χ4n) is 2.73. The van der Waals surface area contributed by atoms with Crippen molar-refractivity contribution in [3.63, 3.8) is 0 Å². The summed E-state index contributed by atoms with van der Waals surface area (Å²) in [5.41, 5.74) is 0. The van der Waals surface area contributed by atoms with Crippen molar-refractivity contribution in [3.8, 4) is 0 Å². The molecule has 3 nitrogen and oxygen atoms in total. The van der Waals surface area contributed by atoms with Crippen molar-refractivity contribution in [2.24, 2.45) is 5.92 Å². The van der Waals surface area contributed by atoms with Gasteiger partial charge in [-0.15, -0.1) is 0 Å². The first-order chi connectivity index (χ1) is 8.19. The van der Waals surface area contributed by atoms with Crippen LogP contribution >= 0.6 is 0 Å². The van der Waals surface area contributed by atoms with Crippen molar-refractivity contribution in [1.29, 1.82) is 0 Å². The molecule has 1 aliphatic rings. The maximum Gasteiger partial charge on any atom is 0.322 e. The minimum atomic E-state index is -0.115. The Labute approximate surface area is 105 Å². The lowest BCUT2D eigenvalue weighted by Crippen LogP contribution is -2.45. The van der Waals surface area contributed by atoms with Crippen molar-refractivity contribution in [2.45, 2.75) is 70.9 Å². The highest BCUT2D eigenvalue weighted by Gasteiger charge is 2.26. The zero-order valence-corrected chi connectivity index (χ0v) is 11.5. The molecule has 1 N–H and O–H groups in total. The van der Waals surface area contributed by atoms with Gasteiger partial charge in [-0.3, -0.25) is 4.79 Å². The second kappa shape index (κ2) is 7.70. The summed E-state index contributed by atoms with van der Waals surface area (Å²) in [4.78, 5) is 11.7. The van der Waals surface area contributed by atoms with Crippen LogP contribution in [0.3, 0.4) is 0 Å². The summed E-state index contributed by atoms with van der Waals surface area (Å²) < 4.78 is 4.87. The molecule has 100 valence electrons. The number of nitrogens with one attached hydrogen (secondary N) is 1. The molecule has 0 aromatic rings. The molecule has 1 rings (SSSR count). The zero-order valence-electron chi connectivity index (χ0n) is 11.5. The molecule has 0 radical (unpaired) electrons. The average Bonchev–Trinajstić information content (AvgIpc) is 2.87. The Kier molecular flexibility index (Phi) is 6.56. The van der Waals surface area contributed by atoms with E-state index in [1.165, 1.54) is 32.8 Å². The molecular formula is C14H27NO2. The van der Waals surface area contributed by atoms with Crippen LogP contribution in [0.5, 0.6) is 0 Å². The van der Waals surface area contributed by atoms with E-state index < -0.39 is 0 Å². The Morgan fingerprint density at radius 1 is 1.41 bits per heavy atom. The third-order valence-electron chi connectivity index (χ3n) is 3.90. The van der Waals surface area contributed by atoms with Crippen LogP contribution in [-0.4, -0.2) is 25.2 Å². The van der Waals surface area contributed by atoms with Gasteiger partial charge < -0.3 is 10.1 Å². The highest BCUT2D eigenvalue weighted by molar-refractivity contribution is 5.75. The summed E-state index contributed by atoms with van der Waals surface area (Å²) in [6.45, 7) is 4.35. The highest BCUT2D eigenvalue weighted by atomic mass is 16.5. The normalized spacial score (nSPS) is 20.2. The molecule has 2 atom stereocenters. The first-order valence-corrected chi connectivity index (χ1v) is 7.03. The van der Waals surface area contributed by atoms with E-state index in [0.717, 1.165) is 25.2 Å². The molecule has 1 unspecified atom stereocenters. The molecule has 0 saturated heterocycles. The average molecular weight is 241 g/mol. The first kappa shape index (κ1) is 14.5. The Morgan fingerprint density at radius 3 is 2.59 bits per heavy atom. The maximum absolute atomic E-state index is 11.7. The predicted molar refractivity (Wildman–Crippen MR) is 69.9 cm³/mol. The van der Waals surface area contributed by atoms with E-state index >= 15 is 0 Å². The number of unbranched alkanes of at least 4 members (excludes halogenated alkanes) is 1. The van der Waals surface area contributed by atoms with Gasteiger partial charge in [0.2, 0.25) is 0 Å². The van der Waals surface area contributed by atoms with Gasteiger partial charge in [-0.25, -0.2) is 0 Å². The molecule has 0 heterocycles. The number of hydrogen-bond acceptors (Lipinski definition) is 3. The Hall–Kier alpha value is -0.570. The van der Waals surface area contributed by atoms with E-state index in [0.29, 0.717) is 6.04 Å². The summed E-state index contributed by atoms with van der Waals surface area (Å²) in [5, 5.41) is 3.47. The van der Waals surface area contributed by atoms with E-state index in [1.54, 1.807) is 0 Å². The van der Waals surface area contributed by atoms with Gasteiger partial charge in [0.05, 0.1) is 7.11 Å². The molecule has 0 spiro atoms. The Balaban J connectivity index is 2.42. The van der Waals surface area contributed by atoms with Gasteiger partial charge in [-0.05, 0) is 32.1 Å². The summed E-state index contributed by atoms with van der Waals surface area (Å²) >= 11 is 0. The van der Waals surface area contributed by atoms with Crippen LogP contribution in [0.2, 0.25) is 0 Å². The van der Waals surface area contributed by atoms with Crippen LogP contribution in [0.1, 0.15) is 58.8 Å². The van der Waals surface area contributed by atoms with Crippen LogP contribution in [-0.2, 0) is 9.53 Å². The number of esters is 1. The van der Waals surface area contributed by atoms with Gasteiger partial charge in [0.1, 0.15) is 6.04 Å². The number of carbonyl (C=O) groups excluding carboxylic acids is 1. The zero-order chi connectivity index (χ0) is 12.7. The Bertz CT molecular complexity index is 224.